The molecule has 0 aliphatic rings. The molecule has 5 nitrogen and oxygen atoms in total. The number of aliphatic carboxylic acids is 1. The summed E-state index contributed by atoms with van der Waals surface area (Å²) in [5.74, 6) is -1.79. The molecule has 0 aliphatic carbocycles. The summed E-state index contributed by atoms with van der Waals surface area (Å²) in [6.07, 6.45) is 1.58. The monoisotopic (exact) mass is 445 g/mol. The normalized spacial score (nSPS) is 12.2. The van der Waals surface area contributed by atoms with E-state index < -0.39 is 17.8 Å². The molecule has 4 aromatic rings. The van der Waals surface area contributed by atoms with Gasteiger partial charge in [-0.15, -0.1) is 0 Å². The SMILES string of the molecule is CN=Cc1c(-c2ccc(-c3ccc(F)cc3)cc2)nc2ccc(F)cc2c1NC(C)C(=O)O. The Morgan fingerprint density at radius 1 is 0.970 bits per heavy atom. The van der Waals surface area contributed by atoms with Gasteiger partial charge < -0.3 is 10.4 Å². The van der Waals surface area contributed by atoms with Gasteiger partial charge >= 0.3 is 5.97 Å². The van der Waals surface area contributed by atoms with E-state index in [1.807, 2.05) is 24.3 Å². The van der Waals surface area contributed by atoms with Gasteiger partial charge in [-0.1, -0.05) is 36.4 Å². The first-order chi connectivity index (χ1) is 15.9. The number of carboxylic acids is 1. The molecule has 166 valence electrons. The number of aromatic nitrogens is 1. The Labute approximate surface area is 189 Å². The zero-order valence-corrected chi connectivity index (χ0v) is 18.0. The lowest BCUT2D eigenvalue weighted by molar-refractivity contribution is -0.137. The number of benzene rings is 3. The topological polar surface area (TPSA) is 74.6 Å². The van der Waals surface area contributed by atoms with Crippen molar-refractivity contribution in [3.8, 4) is 22.4 Å². The first-order valence-corrected chi connectivity index (χ1v) is 10.3. The van der Waals surface area contributed by atoms with Crippen molar-refractivity contribution in [2.45, 2.75) is 13.0 Å². The van der Waals surface area contributed by atoms with Crippen molar-refractivity contribution >= 4 is 28.8 Å². The van der Waals surface area contributed by atoms with E-state index in [9.17, 15) is 18.7 Å². The molecule has 0 bridgehead atoms. The Morgan fingerprint density at radius 3 is 2.15 bits per heavy atom. The second kappa shape index (κ2) is 9.16. The van der Waals surface area contributed by atoms with Crippen LogP contribution in [0.1, 0.15) is 12.5 Å². The summed E-state index contributed by atoms with van der Waals surface area (Å²) < 4.78 is 27.3. The van der Waals surface area contributed by atoms with Crippen LogP contribution in [0, 0.1) is 11.6 Å². The van der Waals surface area contributed by atoms with Gasteiger partial charge in [-0.25, -0.2) is 13.8 Å². The fourth-order valence-electron chi connectivity index (χ4n) is 3.62. The van der Waals surface area contributed by atoms with E-state index in [4.69, 9.17) is 4.98 Å². The van der Waals surface area contributed by atoms with Gasteiger partial charge in [-0.05, 0) is 48.4 Å². The molecule has 1 unspecified atom stereocenters. The highest BCUT2D eigenvalue weighted by molar-refractivity contribution is 6.07. The Hall–Kier alpha value is -4.13. The first kappa shape index (κ1) is 22.1. The summed E-state index contributed by atoms with van der Waals surface area (Å²) in [6, 6.07) is 17.1. The van der Waals surface area contributed by atoms with Crippen LogP contribution in [0.5, 0.6) is 0 Å². The first-order valence-electron chi connectivity index (χ1n) is 10.3. The number of carbonyl (C=O) groups is 1. The van der Waals surface area contributed by atoms with Crippen LogP contribution in [-0.2, 0) is 4.79 Å². The maximum absolute atomic E-state index is 14.1. The molecule has 0 fully saturated rings. The molecule has 1 aromatic heterocycles. The van der Waals surface area contributed by atoms with Crippen LogP contribution < -0.4 is 5.32 Å². The van der Waals surface area contributed by atoms with Gasteiger partial charge in [-0.2, -0.15) is 0 Å². The van der Waals surface area contributed by atoms with E-state index in [1.165, 1.54) is 31.2 Å². The number of carboxylic acid groups (broad SMARTS) is 1. The summed E-state index contributed by atoms with van der Waals surface area (Å²) in [6.45, 7) is 1.51. The zero-order valence-electron chi connectivity index (χ0n) is 18.0. The number of halogens is 2. The summed E-state index contributed by atoms with van der Waals surface area (Å²) in [7, 11) is 1.60. The lowest BCUT2D eigenvalue weighted by Crippen LogP contribution is -2.26. The van der Waals surface area contributed by atoms with Gasteiger partial charge in [0.1, 0.15) is 17.7 Å². The Balaban J connectivity index is 1.89. The molecule has 3 aromatic carbocycles. The molecule has 0 spiro atoms. The Bertz CT molecular complexity index is 1350. The third kappa shape index (κ3) is 4.57. The van der Waals surface area contributed by atoms with Crippen molar-refractivity contribution in [3.05, 3.63) is 83.9 Å². The molecule has 0 saturated heterocycles. The number of nitrogens with zero attached hydrogens (tertiary/aromatic N) is 2. The maximum Gasteiger partial charge on any atom is 0.325 e. The maximum atomic E-state index is 14.1. The van der Waals surface area contributed by atoms with Crippen molar-refractivity contribution in [1.82, 2.24) is 4.98 Å². The quantitative estimate of drug-likeness (QED) is 0.369. The standard InChI is InChI=1S/C26H21F2N3O2/c1-15(26(32)33)30-25-21-13-20(28)11-12-23(21)31-24(22(25)14-29-2)18-5-3-16(4-6-18)17-7-9-19(27)10-8-17/h3-15H,1-2H3,(H,30,31)(H,32,33). The molecule has 1 atom stereocenters. The Kier molecular flexibility index (Phi) is 6.13. The molecule has 4 rings (SSSR count). The zero-order chi connectivity index (χ0) is 23.5. The number of aliphatic imine (C=N–C) groups is 1. The van der Waals surface area contributed by atoms with E-state index >= 15 is 0 Å². The van der Waals surface area contributed by atoms with Crippen LogP contribution in [0.4, 0.5) is 14.5 Å². The van der Waals surface area contributed by atoms with Crippen LogP contribution in [0.25, 0.3) is 33.3 Å². The second-order valence-corrected chi connectivity index (χ2v) is 7.59. The average Bonchev–Trinajstić information content (AvgIpc) is 2.81. The number of anilines is 1. The van der Waals surface area contributed by atoms with Crippen molar-refractivity contribution in [1.29, 1.82) is 0 Å². The van der Waals surface area contributed by atoms with Crippen molar-refractivity contribution < 1.29 is 18.7 Å². The predicted molar refractivity (Wildman–Crippen MR) is 127 cm³/mol. The van der Waals surface area contributed by atoms with Gasteiger partial charge in [0.25, 0.3) is 0 Å². The number of fused-ring (bicyclic) bond motifs is 1. The summed E-state index contributed by atoms with van der Waals surface area (Å²) in [5, 5.41) is 12.9. The third-order valence-corrected chi connectivity index (χ3v) is 5.31. The fraction of sp³-hybridized carbons (Fsp3) is 0.115. The predicted octanol–water partition coefficient (Wildman–Crippen LogP) is 5.78. The number of pyridine rings is 1. The number of hydrogen-bond donors (Lipinski definition) is 2. The van der Waals surface area contributed by atoms with Crippen LogP contribution in [0.15, 0.2) is 71.7 Å². The van der Waals surface area contributed by atoms with Crippen LogP contribution in [-0.4, -0.2) is 35.4 Å². The van der Waals surface area contributed by atoms with Gasteiger partial charge in [0.2, 0.25) is 0 Å². The average molecular weight is 445 g/mol. The van der Waals surface area contributed by atoms with E-state index in [0.29, 0.717) is 27.8 Å². The molecule has 0 amide bonds. The van der Waals surface area contributed by atoms with Crippen LogP contribution in [0.3, 0.4) is 0 Å². The van der Waals surface area contributed by atoms with Gasteiger partial charge in [0, 0.05) is 29.8 Å². The van der Waals surface area contributed by atoms with Gasteiger partial charge in [-0.3, -0.25) is 9.79 Å². The molecule has 0 radical (unpaired) electrons. The minimum atomic E-state index is -1.04. The summed E-state index contributed by atoms with van der Waals surface area (Å²) in [4.78, 5) is 20.4. The number of rotatable bonds is 6. The number of hydrogen-bond acceptors (Lipinski definition) is 4. The van der Waals surface area contributed by atoms with E-state index in [1.54, 1.807) is 31.5 Å². The summed E-state index contributed by atoms with van der Waals surface area (Å²) >= 11 is 0. The smallest absolute Gasteiger partial charge is 0.325 e. The van der Waals surface area contributed by atoms with E-state index in [2.05, 4.69) is 10.3 Å². The highest BCUT2D eigenvalue weighted by atomic mass is 19.1. The van der Waals surface area contributed by atoms with Crippen LogP contribution in [0.2, 0.25) is 0 Å². The minimum Gasteiger partial charge on any atom is -0.480 e. The van der Waals surface area contributed by atoms with E-state index in [0.717, 1.165) is 16.7 Å². The van der Waals surface area contributed by atoms with Crippen molar-refractivity contribution in [2.75, 3.05) is 12.4 Å². The minimum absolute atomic E-state index is 0.300. The lowest BCUT2D eigenvalue weighted by atomic mass is 9.98. The number of nitrogens with one attached hydrogen (secondary N) is 1. The molecule has 1 heterocycles. The molecular weight excluding hydrogens is 424 g/mol. The van der Waals surface area contributed by atoms with Crippen LogP contribution >= 0.6 is 0 Å². The highest BCUT2D eigenvalue weighted by Gasteiger charge is 2.20. The van der Waals surface area contributed by atoms with E-state index in [-0.39, 0.29) is 5.82 Å². The molecular formula is C26H21F2N3O2. The van der Waals surface area contributed by atoms with Crippen molar-refractivity contribution in [3.63, 3.8) is 0 Å². The largest absolute Gasteiger partial charge is 0.480 e. The van der Waals surface area contributed by atoms with Gasteiger partial charge in [0.15, 0.2) is 0 Å². The Morgan fingerprint density at radius 2 is 1.55 bits per heavy atom. The molecule has 0 saturated carbocycles. The molecule has 2 N–H and O–H groups in total. The molecule has 33 heavy (non-hydrogen) atoms. The fourth-order valence-corrected chi connectivity index (χ4v) is 3.62. The third-order valence-electron chi connectivity index (χ3n) is 5.31. The molecule has 0 aliphatic heterocycles. The van der Waals surface area contributed by atoms with Crippen molar-refractivity contribution in [2.24, 2.45) is 4.99 Å². The molecule has 7 heteroatoms. The highest BCUT2D eigenvalue weighted by Crippen LogP contribution is 2.35. The summed E-state index contributed by atoms with van der Waals surface area (Å²) in [5.41, 5.74) is 4.64. The van der Waals surface area contributed by atoms with Gasteiger partial charge in [0.05, 0.1) is 16.9 Å². The second-order valence-electron chi connectivity index (χ2n) is 7.59. The lowest BCUT2D eigenvalue weighted by Gasteiger charge is -2.19.